The largest absolute Gasteiger partial charge is 0.336 e. The molecule has 0 atom stereocenters. The van der Waals surface area contributed by atoms with Crippen molar-refractivity contribution in [2.75, 3.05) is 20.1 Å². The van der Waals surface area contributed by atoms with Crippen LogP contribution in [-0.4, -0.2) is 41.9 Å². The molecule has 1 N–H and O–H groups in total. The number of carbonyl (C=O) groups excluding carboxylic acids is 1. The summed E-state index contributed by atoms with van der Waals surface area (Å²) in [4.78, 5) is 23.7. The number of nitro groups is 1. The second kappa shape index (κ2) is 4.93. The van der Waals surface area contributed by atoms with Crippen molar-refractivity contribution < 1.29 is 14.1 Å². The minimum absolute atomic E-state index is 0.00599. The highest BCUT2D eigenvalue weighted by Crippen LogP contribution is 2.22. The van der Waals surface area contributed by atoms with Crippen LogP contribution in [0.15, 0.2) is 12.1 Å². The maximum Gasteiger partial charge on any atom is 0.270 e. The zero-order valence-corrected chi connectivity index (χ0v) is 10.6. The van der Waals surface area contributed by atoms with Gasteiger partial charge in [0.15, 0.2) is 0 Å². The first-order valence-corrected chi connectivity index (χ1v) is 5.84. The summed E-state index contributed by atoms with van der Waals surface area (Å²) < 4.78 is 14.0. The van der Waals surface area contributed by atoms with E-state index in [4.69, 9.17) is 0 Å². The van der Waals surface area contributed by atoms with Crippen LogP contribution < -0.4 is 5.32 Å². The minimum Gasteiger partial charge on any atom is -0.336 e. The molecule has 1 aromatic carbocycles. The van der Waals surface area contributed by atoms with E-state index >= 15 is 0 Å². The second-order valence-electron chi connectivity index (χ2n) is 4.61. The van der Waals surface area contributed by atoms with Crippen LogP contribution in [0, 0.1) is 22.9 Å². The summed E-state index contributed by atoms with van der Waals surface area (Å²) in [5, 5.41) is 13.8. The van der Waals surface area contributed by atoms with Crippen molar-refractivity contribution in [3.8, 4) is 0 Å². The number of halogens is 1. The van der Waals surface area contributed by atoms with Gasteiger partial charge in [0, 0.05) is 32.3 Å². The third-order valence-corrected chi connectivity index (χ3v) is 3.31. The topological polar surface area (TPSA) is 75.5 Å². The average molecular weight is 267 g/mol. The van der Waals surface area contributed by atoms with Crippen molar-refractivity contribution in [1.82, 2.24) is 10.2 Å². The van der Waals surface area contributed by atoms with Crippen LogP contribution in [0.25, 0.3) is 0 Å². The third-order valence-electron chi connectivity index (χ3n) is 3.31. The first kappa shape index (κ1) is 13.4. The number of carbonyl (C=O) groups is 1. The Kier molecular flexibility index (Phi) is 3.48. The number of hydrogen-bond acceptors (Lipinski definition) is 4. The molecule has 7 heteroatoms. The molecule has 1 aliphatic rings. The van der Waals surface area contributed by atoms with E-state index in [1.54, 1.807) is 7.05 Å². The summed E-state index contributed by atoms with van der Waals surface area (Å²) >= 11 is 0. The Bertz CT molecular complexity index is 543. The molecule has 19 heavy (non-hydrogen) atoms. The molecule has 0 unspecified atom stereocenters. The van der Waals surface area contributed by atoms with Gasteiger partial charge in [0.2, 0.25) is 0 Å². The van der Waals surface area contributed by atoms with Crippen LogP contribution in [-0.2, 0) is 0 Å². The quantitative estimate of drug-likeness (QED) is 0.657. The number of amides is 1. The summed E-state index contributed by atoms with van der Waals surface area (Å²) in [6.07, 6.45) is 0. The Hall–Kier alpha value is -2.02. The van der Waals surface area contributed by atoms with Crippen LogP contribution in [0.1, 0.15) is 15.9 Å². The van der Waals surface area contributed by atoms with E-state index < -0.39 is 16.6 Å². The van der Waals surface area contributed by atoms with E-state index in [0.717, 1.165) is 12.1 Å². The molecule has 0 aromatic heterocycles. The highest BCUT2D eigenvalue weighted by Gasteiger charge is 2.29. The van der Waals surface area contributed by atoms with Crippen LogP contribution in [0.2, 0.25) is 0 Å². The lowest BCUT2D eigenvalue weighted by Gasteiger charge is -2.35. The number of nitrogens with one attached hydrogen (secondary N) is 1. The summed E-state index contributed by atoms with van der Waals surface area (Å²) in [7, 11) is 1.57. The Balaban J connectivity index is 2.37. The zero-order valence-electron chi connectivity index (χ0n) is 10.6. The summed E-state index contributed by atoms with van der Waals surface area (Å²) in [5.74, 6) is -1.23. The summed E-state index contributed by atoms with van der Waals surface area (Å²) in [6, 6.07) is 2.12. The molecule has 0 radical (unpaired) electrons. The van der Waals surface area contributed by atoms with E-state index in [2.05, 4.69) is 5.32 Å². The van der Waals surface area contributed by atoms with Crippen molar-refractivity contribution in [3.05, 3.63) is 39.2 Å². The molecule has 1 aliphatic heterocycles. The average Bonchev–Trinajstić information content (AvgIpc) is 2.29. The summed E-state index contributed by atoms with van der Waals surface area (Å²) in [6.45, 7) is 2.71. The van der Waals surface area contributed by atoms with E-state index in [1.165, 1.54) is 11.8 Å². The molecule has 1 fully saturated rings. The van der Waals surface area contributed by atoms with E-state index in [9.17, 15) is 19.3 Å². The lowest BCUT2D eigenvalue weighted by atomic mass is 10.1. The Morgan fingerprint density at radius 3 is 2.63 bits per heavy atom. The fraction of sp³-hybridized carbons (Fsp3) is 0.417. The van der Waals surface area contributed by atoms with Gasteiger partial charge in [-0.15, -0.1) is 0 Å². The van der Waals surface area contributed by atoms with Crippen LogP contribution >= 0.6 is 0 Å². The third kappa shape index (κ3) is 2.41. The molecular weight excluding hydrogens is 253 g/mol. The molecule has 0 aliphatic carbocycles. The van der Waals surface area contributed by atoms with Gasteiger partial charge >= 0.3 is 0 Å². The van der Waals surface area contributed by atoms with Crippen LogP contribution in [0.5, 0.6) is 0 Å². The number of likely N-dealkylation sites (N-methyl/N-ethyl adjacent to an activating group) is 1. The Morgan fingerprint density at radius 1 is 1.53 bits per heavy atom. The molecule has 6 nitrogen and oxygen atoms in total. The molecule has 2 rings (SSSR count). The molecule has 0 bridgehead atoms. The predicted octanol–water partition coefficient (Wildman–Crippen LogP) is 1.09. The molecule has 1 saturated heterocycles. The maximum atomic E-state index is 14.0. The monoisotopic (exact) mass is 267 g/mol. The number of hydrogen-bond donors (Lipinski definition) is 1. The van der Waals surface area contributed by atoms with E-state index in [1.807, 2.05) is 0 Å². The number of rotatable bonds is 3. The van der Waals surface area contributed by atoms with Crippen molar-refractivity contribution >= 4 is 11.6 Å². The van der Waals surface area contributed by atoms with Gasteiger partial charge in [-0.05, 0) is 12.5 Å². The highest BCUT2D eigenvalue weighted by atomic mass is 19.1. The van der Waals surface area contributed by atoms with Crippen molar-refractivity contribution in [1.29, 1.82) is 0 Å². The first-order chi connectivity index (χ1) is 8.91. The molecular formula is C12H14FN3O3. The lowest BCUT2D eigenvalue weighted by Crippen LogP contribution is -2.57. The normalized spacial score (nSPS) is 14.9. The molecule has 1 heterocycles. The van der Waals surface area contributed by atoms with Gasteiger partial charge in [-0.25, -0.2) is 4.39 Å². The lowest BCUT2D eigenvalue weighted by molar-refractivity contribution is -0.385. The van der Waals surface area contributed by atoms with E-state index in [-0.39, 0.29) is 22.9 Å². The number of non-ortho nitro benzene ring substituents is 1. The number of aryl methyl sites for hydroxylation is 1. The highest BCUT2D eigenvalue weighted by molar-refractivity contribution is 5.95. The van der Waals surface area contributed by atoms with Crippen molar-refractivity contribution in [2.45, 2.75) is 13.0 Å². The number of nitro benzene ring substituents is 1. The van der Waals surface area contributed by atoms with Gasteiger partial charge in [0.1, 0.15) is 5.82 Å². The Morgan fingerprint density at radius 2 is 2.16 bits per heavy atom. The smallest absolute Gasteiger partial charge is 0.270 e. The van der Waals surface area contributed by atoms with Gasteiger partial charge in [0.05, 0.1) is 16.5 Å². The molecule has 1 amide bonds. The minimum atomic E-state index is -0.699. The maximum absolute atomic E-state index is 14.0. The fourth-order valence-electron chi connectivity index (χ4n) is 1.91. The molecule has 102 valence electrons. The summed E-state index contributed by atoms with van der Waals surface area (Å²) in [5.41, 5.74) is -0.429. The van der Waals surface area contributed by atoms with Crippen molar-refractivity contribution in [3.63, 3.8) is 0 Å². The van der Waals surface area contributed by atoms with Crippen molar-refractivity contribution in [2.24, 2.45) is 0 Å². The SMILES string of the molecule is Cc1cc([N+](=O)[O-])cc(C(=O)N(C)C2CNC2)c1F. The Labute approximate surface area is 109 Å². The number of benzene rings is 1. The van der Waals surface area contributed by atoms with Crippen LogP contribution in [0.3, 0.4) is 0 Å². The van der Waals surface area contributed by atoms with Gasteiger partial charge in [-0.1, -0.05) is 0 Å². The van der Waals surface area contributed by atoms with Gasteiger partial charge in [-0.3, -0.25) is 14.9 Å². The van der Waals surface area contributed by atoms with Gasteiger partial charge in [-0.2, -0.15) is 0 Å². The standard InChI is InChI=1S/C12H14FN3O3/c1-7-3-8(16(18)19)4-10(11(7)13)12(17)15(2)9-5-14-6-9/h3-4,9,14H,5-6H2,1-2H3. The molecule has 0 spiro atoms. The van der Waals surface area contributed by atoms with E-state index in [0.29, 0.717) is 13.1 Å². The molecule has 1 aromatic rings. The predicted molar refractivity (Wildman–Crippen MR) is 66.5 cm³/mol. The first-order valence-electron chi connectivity index (χ1n) is 5.84. The van der Waals surface area contributed by atoms with Gasteiger partial charge in [0.25, 0.3) is 11.6 Å². The molecule has 0 saturated carbocycles. The van der Waals surface area contributed by atoms with Crippen LogP contribution in [0.4, 0.5) is 10.1 Å². The second-order valence-corrected chi connectivity index (χ2v) is 4.61. The van der Waals surface area contributed by atoms with Gasteiger partial charge < -0.3 is 10.2 Å². The fourth-order valence-corrected chi connectivity index (χ4v) is 1.91. The number of nitrogens with zero attached hydrogens (tertiary/aromatic N) is 2. The zero-order chi connectivity index (χ0) is 14.2.